The molecule has 1 aliphatic heterocycles. The second-order valence-electron chi connectivity index (χ2n) is 7.80. The van der Waals surface area contributed by atoms with Crippen molar-refractivity contribution >= 4 is 41.3 Å². The summed E-state index contributed by atoms with van der Waals surface area (Å²) in [7, 11) is 1.81. The smallest absolute Gasteiger partial charge is 0.191 e. The zero-order valence-corrected chi connectivity index (χ0v) is 21.1. The van der Waals surface area contributed by atoms with Crippen LogP contribution in [0.15, 0.2) is 29.3 Å². The highest BCUT2D eigenvalue weighted by atomic mass is 127. The Balaban J connectivity index is 0.00000300. The summed E-state index contributed by atoms with van der Waals surface area (Å²) in [4.78, 5) is 12.7. The van der Waals surface area contributed by atoms with Gasteiger partial charge in [0.15, 0.2) is 5.96 Å². The molecular weight excluding hydrogens is 493 g/mol. The first-order chi connectivity index (χ1) is 13.5. The Hall–Kier alpha value is -1.19. The lowest BCUT2D eigenvalue weighted by Gasteiger charge is -2.30. The molecule has 0 spiro atoms. The monoisotopic (exact) mass is 527 g/mol. The normalized spacial score (nSPS) is 15.8. The fourth-order valence-corrected chi connectivity index (χ4v) is 4.50. The van der Waals surface area contributed by atoms with Crippen molar-refractivity contribution in [1.29, 1.82) is 0 Å². The second kappa shape index (κ2) is 11.9. The number of nitrogens with zero attached hydrogens (tertiary/aromatic N) is 3. The third kappa shape index (κ3) is 7.53. The standard InChI is InChI=1S/C22H33N5S.HI/c1-16-8-10-27(11-9-16)15-20-7-5-6-19(12-20)13-24-22(23-4)25-14-21-17(2)26-18(3)28-21;/h5-7,12,16H,8-11,13-15H2,1-4H3,(H2,23,24,25);1H. The number of aryl methyl sites for hydroxylation is 2. The molecule has 0 amide bonds. The van der Waals surface area contributed by atoms with E-state index in [9.17, 15) is 0 Å². The molecule has 0 radical (unpaired) electrons. The Morgan fingerprint density at radius 2 is 1.86 bits per heavy atom. The first kappa shape index (κ1) is 24.1. The molecule has 1 aromatic carbocycles. The van der Waals surface area contributed by atoms with Crippen LogP contribution in [0.5, 0.6) is 0 Å². The van der Waals surface area contributed by atoms with Gasteiger partial charge in [-0.05, 0) is 56.8 Å². The van der Waals surface area contributed by atoms with E-state index in [1.807, 2.05) is 14.0 Å². The van der Waals surface area contributed by atoms with Crippen molar-refractivity contribution in [1.82, 2.24) is 20.5 Å². The van der Waals surface area contributed by atoms with Gasteiger partial charge in [-0.25, -0.2) is 4.98 Å². The van der Waals surface area contributed by atoms with E-state index in [4.69, 9.17) is 0 Å². The van der Waals surface area contributed by atoms with E-state index in [1.54, 1.807) is 11.3 Å². The predicted molar refractivity (Wildman–Crippen MR) is 134 cm³/mol. The summed E-state index contributed by atoms with van der Waals surface area (Å²) >= 11 is 1.74. The summed E-state index contributed by atoms with van der Waals surface area (Å²) in [6.45, 7) is 11.5. The Morgan fingerprint density at radius 3 is 2.52 bits per heavy atom. The van der Waals surface area contributed by atoms with Gasteiger partial charge >= 0.3 is 0 Å². The first-order valence-corrected chi connectivity index (χ1v) is 11.0. The third-order valence-corrected chi connectivity index (χ3v) is 6.45. The molecule has 3 rings (SSSR count). The molecule has 0 aliphatic carbocycles. The summed E-state index contributed by atoms with van der Waals surface area (Å²) in [5.41, 5.74) is 3.79. The highest BCUT2D eigenvalue weighted by molar-refractivity contribution is 14.0. The van der Waals surface area contributed by atoms with Crippen LogP contribution >= 0.6 is 35.3 Å². The SMILES string of the molecule is CN=C(NCc1cccc(CN2CCC(C)CC2)c1)NCc1sc(C)nc1C.I. The van der Waals surface area contributed by atoms with Crippen molar-refractivity contribution < 1.29 is 0 Å². The van der Waals surface area contributed by atoms with Gasteiger partial charge in [0.05, 0.1) is 17.2 Å². The highest BCUT2D eigenvalue weighted by Gasteiger charge is 2.15. The number of halogens is 1. The minimum absolute atomic E-state index is 0. The molecule has 0 bridgehead atoms. The average molecular weight is 528 g/mol. The van der Waals surface area contributed by atoms with Gasteiger partial charge < -0.3 is 10.6 Å². The van der Waals surface area contributed by atoms with Gasteiger partial charge in [0.25, 0.3) is 0 Å². The van der Waals surface area contributed by atoms with Gasteiger partial charge in [0, 0.05) is 25.0 Å². The third-order valence-electron chi connectivity index (χ3n) is 5.37. The average Bonchev–Trinajstić information content (AvgIpc) is 3.01. The number of thiazole rings is 1. The Labute approximate surface area is 196 Å². The van der Waals surface area contributed by atoms with E-state index in [0.29, 0.717) is 0 Å². The van der Waals surface area contributed by atoms with Crippen molar-refractivity contribution in [2.75, 3.05) is 20.1 Å². The van der Waals surface area contributed by atoms with Crippen LogP contribution < -0.4 is 10.6 Å². The number of guanidine groups is 1. The quantitative estimate of drug-likeness (QED) is 0.331. The van der Waals surface area contributed by atoms with Crippen LogP contribution in [0.1, 0.15) is 46.5 Å². The summed E-state index contributed by atoms with van der Waals surface area (Å²) < 4.78 is 0. The minimum Gasteiger partial charge on any atom is -0.352 e. The van der Waals surface area contributed by atoms with E-state index in [-0.39, 0.29) is 24.0 Å². The lowest BCUT2D eigenvalue weighted by atomic mass is 9.98. The van der Waals surface area contributed by atoms with Crippen molar-refractivity contribution in [3.8, 4) is 0 Å². The number of aromatic nitrogens is 1. The number of rotatable bonds is 6. The van der Waals surface area contributed by atoms with Crippen LogP contribution in [0.3, 0.4) is 0 Å². The largest absolute Gasteiger partial charge is 0.352 e. The molecule has 160 valence electrons. The van der Waals surface area contributed by atoms with Crippen molar-refractivity contribution in [2.24, 2.45) is 10.9 Å². The molecule has 5 nitrogen and oxygen atoms in total. The lowest BCUT2D eigenvalue weighted by molar-refractivity contribution is 0.185. The fraction of sp³-hybridized carbons (Fsp3) is 0.545. The molecule has 7 heteroatoms. The summed E-state index contributed by atoms with van der Waals surface area (Å²) in [6.07, 6.45) is 2.64. The van der Waals surface area contributed by atoms with Crippen LogP contribution in [0.2, 0.25) is 0 Å². The number of likely N-dealkylation sites (tertiary alicyclic amines) is 1. The van der Waals surface area contributed by atoms with E-state index in [1.165, 1.54) is 41.9 Å². The zero-order chi connectivity index (χ0) is 19.9. The number of piperidine rings is 1. The molecule has 0 saturated carbocycles. The number of aliphatic imine (C=N–C) groups is 1. The number of hydrogen-bond donors (Lipinski definition) is 2. The summed E-state index contributed by atoms with van der Waals surface area (Å²) in [6, 6.07) is 8.90. The molecule has 2 aromatic rings. The maximum atomic E-state index is 4.48. The van der Waals surface area contributed by atoms with Crippen molar-refractivity contribution in [3.05, 3.63) is 51.0 Å². The molecular formula is C22H34IN5S. The zero-order valence-electron chi connectivity index (χ0n) is 18.0. The molecule has 1 fully saturated rings. The van der Waals surface area contributed by atoms with Crippen LogP contribution in [0.4, 0.5) is 0 Å². The maximum absolute atomic E-state index is 4.48. The van der Waals surface area contributed by atoms with Gasteiger partial charge in [0.2, 0.25) is 0 Å². The predicted octanol–water partition coefficient (Wildman–Crippen LogP) is 4.48. The van der Waals surface area contributed by atoms with Crippen LogP contribution in [0.25, 0.3) is 0 Å². The Bertz CT molecular complexity index is 796. The summed E-state index contributed by atoms with van der Waals surface area (Å²) in [5.74, 6) is 1.70. The number of benzene rings is 1. The van der Waals surface area contributed by atoms with Gasteiger partial charge in [-0.1, -0.05) is 31.2 Å². The molecule has 1 saturated heterocycles. The Morgan fingerprint density at radius 1 is 1.17 bits per heavy atom. The first-order valence-electron chi connectivity index (χ1n) is 10.2. The Kier molecular flexibility index (Phi) is 9.85. The van der Waals surface area contributed by atoms with Crippen molar-refractivity contribution in [2.45, 2.75) is 53.2 Å². The molecule has 0 atom stereocenters. The molecule has 2 N–H and O–H groups in total. The van der Waals surface area contributed by atoms with E-state index >= 15 is 0 Å². The van der Waals surface area contributed by atoms with Gasteiger partial charge in [-0.2, -0.15) is 0 Å². The lowest BCUT2D eigenvalue weighted by Crippen LogP contribution is -2.36. The minimum atomic E-state index is 0. The van der Waals surface area contributed by atoms with Crippen molar-refractivity contribution in [3.63, 3.8) is 0 Å². The molecule has 0 unspecified atom stereocenters. The van der Waals surface area contributed by atoms with Crippen LogP contribution in [-0.4, -0.2) is 36.0 Å². The van der Waals surface area contributed by atoms with E-state index < -0.39 is 0 Å². The topological polar surface area (TPSA) is 52.6 Å². The summed E-state index contributed by atoms with van der Waals surface area (Å²) in [5, 5.41) is 7.93. The van der Waals surface area contributed by atoms with E-state index in [0.717, 1.165) is 42.2 Å². The molecule has 1 aromatic heterocycles. The van der Waals surface area contributed by atoms with Gasteiger partial charge in [0.1, 0.15) is 0 Å². The van der Waals surface area contributed by atoms with Gasteiger partial charge in [-0.15, -0.1) is 35.3 Å². The molecule has 1 aliphatic rings. The number of nitrogens with one attached hydrogen (secondary N) is 2. The van der Waals surface area contributed by atoms with E-state index in [2.05, 4.69) is 63.6 Å². The molecule has 29 heavy (non-hydrogen) atoms. The van der Waals surface area contributed by atoms with Crippen LogP contribution in [-0.2, 0) is 19.6 Å². The highest BCUT2D eigenvalue weighted by Crippen LogP contribution is 2.19. The number of hydrogen-bond acceptors (Lipinski definition) is 4. The van der Waals surface area contributed by atoms with Crippen LogP contribution in [0, 0.1) is 19.8 Å². The second-order valence-corrected chi connectivity index (χ2v) is 9.09. The fourth-order valence-electron chi connectivity index (χ4n) is 3.62. The van der Waals surface area contributed by atoms with Gasteiger partial charge in [-0.3, -0.25) is 9.89 Å². The maximum Gasteiger partial charge on any atom is 0.191 e. The molecule has 2 heterocycles.